The fourth-order valence-electron chi connectivity index (χ4n) is 4.09. The van der Waals surface area contributed by atoms with Gasteiger partial charge in [-0.3, -0.25) is 0 Å². The fourth-order valence-corrected chi connectivity index (χ4v) is 4.81. The normalized spacial score (nSPS) is 18.2. The van der Waals surface area contributed by atoms with Gasteiger partial charge in [-0.25, -0.2) is 15.0 Å². The molecule has 0 aliphatic heterocycles. The molecule has 0 spiro atoms. The SMILES string of the molecule is CC(=O)CC1CC1Oc1cccc(C(C)Nc2cc(-c3ccc4ncsc4c3)nc(C)n2)c1. The molecule has 7 heteroatoms. The van der Waals surface area contributed by atoms with Crippen molar-refractivity contribution in [2.45, 2.75) is 45.8 Å². The smallest absolute Gasteiger partial charge is 0.130 e. The fraction of sp³-hybridized carbons (Fsp3) is 0.308. The van der Waals surface area contributed by atoms with Crippen molar-refractivity contribution in [1.29, 1.82) is 0 Å². The molecule has 0 radical (unpaired) electrons. The summed E-state index contributed by atoms with van der Waals surface area (Å²) < 4.78 is 7.24. The summed E-state index contributed by atoms with van der Waals surface area (Å²) in [6.45, 7) is 5.66. The Hall–Kier alpha value is -3.32. The molecule has 3 unspecified atom stereocenters. The van der Waals surface area contributed by atoms with Gasteiger partial charge in [0, 0.05) is 24.0 Å². The van der Waals surface area contributed by atoms with Crippen molar-refractivity contribution in [1.82, 2.24) is 15.0 Å². The van der Waals surface area contributed by atoms with Crippen molar-refractivity contribution in [3.8, 4) is 17.0 Å². The van der Waals surface area contributed by atoms with Gasteiger partial charge in [-0.05, 0) is 57.0 Å². The van der Waals surface area contributed by atoms with E-state index >= 15 is 0 Å². The molecular weight excluding hydrogens is 432 g/mol. The standard InChI is InChI=1S/C26H26N4O2S/c1-15(31)9-20-11-24(20)32-21-6-4-5-18(10-21)16(2)28-26-13-23(29-17(3)30-26)19-7-8-22-25(12-19)33-14-27-22/h4-8,10,12-14,16,20,24H,9,11H2,1-3H3,(H,28,29,30). The molecule has 1 saturated carbocycles. The minimum Gasteiger partial charge on any atom is -0.490 e. The van der Waals surface area contributed by atoms with Crippen molar-refractivity contribution in [3.63, 3.8) is 0 Å². The van der Waals surface area contributed by atoms with Crippen LogP contribution in [0.15, 0.2) is 54.0 Å². The van der Waals surface area contributed by atoms with Crippen molar-refractivity contribution in [2.24, 2.45) is 5.92 Å². The number of hydrogen-bond acceptors (Lipinski definition) is 7. The molecule has 3 atom stereocenters. The Bertz CT molecular complexity index is 1320. The number of carbonyl (C=O) groups excluding carboxylic acids is 1. The van der Waals surface area contributed by atoms with Crippen molar-refractivity contribution < 1.29 is 9.53 Å². The summed E-state index contributed by atoms with van der Waals surface area (Å²) in [7, 11) is 0. The number of Topliss-reactive ketones (excluding diaryl/α,β-unsaturated/α-hetero) is 1. The van der Waals surface area contributed by atoms with Gasteiger partial charge in [-0.15, -0.1) is 11.3 Å². The Kier molecular flexibility index (Phi) is 5.81. The average Bonchev–Trinajstić information content (AvgIpc) is 3.30. The number of carbonyl (C=O) groups is 1. The van der Waals surface area contributed by atoms with E-state index in [2.05, 4.69) is 51.5 Å². The lowest BCUT2D eigenvalue weighted by Gasteiger charge is -2.17. The maximum atomic E-state index is 11.3. The summed E-state index contributed by atoms with van der Waals surface area (Å²) in [5, 5.41) is 3.51. The van der Waals surface area contributed by atoms with E-state index < -0.39 is 0 Å². The van der Waals surface area contributed by atoms with E-state index in [0.717, 1.165) is 45.0 Å². The number of fused-ring (bicyclic) bond motifs is 1. The molecule has 2 aromatic carbocycles. The van der Waals surface area contributed by atoms with Gasteiger partial charge in [0.05, 0.1) is 27.5 Å². The zero-order valence-electron chi connectivity index (χ0n) is 18.9. The summed E-state index contributed by atoms with van der Waals surface area (Å²) in [6.07, 6.45) is 1.71. The number of aromatic nitrogens is 3. The predicted octanol–water partition coefficient (Wildman–Crippen LogP) is 5.98. The van der Waals surface area contributed by atoms with E-state index in [1.807, 2.05) is 36.7 Å². The van der Waals surface area contributed by atoms with Crippen molar-refractivity contribution >= 4 is 33.2 Å². The first kappa shape index (κ1) is 21.5. The van der Waals surface area contributed by atoms with E-state index in [-0.39, 0.29) is 17.9 Å². The van der Waals surface area contributed by atoms with E-state index in [9.17, 15) is 4.79 Å². The molecule has 4 aromatic rings. The van der Waals surface area contributed by atoms with Crippen LogP contribution < -0.4 is 10.1 Å². The topological polar surface area (TPSA) is 77.0 Å². The highest BCUT2D eigenvalue weighted by atomic mass is 32.1. The third-order valence-electron chi connectivity index (χ3n) is 5.88. The van der Waals surface area contributed by atoms with Crippen molar-refractivity contribution in [3.05, 3.63) is 65.4 Å². The summed E-state index contributed by atoms with van der Waals surface area (Å²) in [6, 6.07) is 16.4. The number of thiazole rings is 1. The lowest BCUT2D eigenvalue weighted by molar-refractivity contribution is -0.117. The van der Waals surface area contributed by atoms with Crippen LogP contribution in [0.25, 0.3) is 21.5 Å². The zero-order valence-corrected chi connectivity index (χ0v) is 19.7. The van der Waals surface area contributed by atoms with Gasteiger partial charge >= 0.3 is 0 Å². The molecule has 168 valence electrons. The molecule has 0 saturated heterocycles. The van der Waals surface area contributed by atoms with Crippen LogP contribution in [0, 0.1) is 12.8 Å². The number of hydrogen-bond donors (Lipinski definition) is 1. The Labute approximate surface area is 197 Å². The Morgan fingerprint density at radius 1 is 1.21 bits per heavy atom. The molecule has 0 bridgehead atoms. The quantitative estimate of drug-likeness (QED) is 0.350. The van der Waals surface area contributed by atoms with Crippen LogP contribution in [0.5, 0.6) is 5.75 Å². The predicted molar refractivity (Wildman–Crippen MR) is 132 cm³/mol. The second-order valence-corrected chi connectivity index (χ2v) is 9.60. The number of aryl methyl sites for hydroxylation is 1. The Balaban J connectivity index is 1.31. The van der Waals surface area contributed by atoms with Crippen LogP contribution in [0.3, 0.4) is 0 Å². The molecule has 1 aliphatic carbocycles. The molecule has 33 heavy (non-hydrogen) atoms. The van der Waals surface area contributed by atoms with Crippen LogP contribution in [0.1, 0.15) is 44.1 Å². The molecule has 2 heterocycles. The second kappa shape index (κ2) is 8.90. The first-order valence-corrected chi connectivity index (χ1v) is 12.0. The van der Waals surface area contributed by atoms with Crippen LogP contribution >= 0.6 is 11.3 Å². The Morgan fingerprint density at radius 2 is 2.09 bits per heavy atom. The van der Waals surface area contributed by atoms with E-state index in [1.165, 1.54) is 0 Å². The average molecular weight is 459 g/mol. The molecule has 1 N–H and O–H groups in total. The van der Waals surface area contributed by atoms with Gasteiger partial charge in [0.15, 0.2) is 0 Å². The van der Waals surface area contributed by atoms with Gasteiger partial charge in [0.1, 0.15) is 29.3 Å². The largest absolute Gasteiger partial charge is 0.490 e. The lowest BCUT2D eigenvalue weighted by Crippen LogP contribution is -2.10. The van der Waals surface area contributed by atoms with E-state index in [4.69, 9.17) is 4.74 Å². The number of ketones is 1. The molecule has 1 fully saturated rings. The van der Waals surface area contributed by atoms with Crippen LogP contribution in [-0.4, -0.2) is 26.8 Å². The van der Waals surface area contributed by atoms with E-state index in [1.54, 1.807) is 18.3 Å². The maximum absolute atomic E-state index is 11.3. The van der Waals surface area contributed by atoms with E-state index in [0.29, 0.717) is 18.2 Å². The minimum absolute atomic E-state index is 0.0342. The highest BCUT2D eigenvalue weighted by molar-refractivity contribution is 7.16. The summed E-state index contributed by atoms with van der Waals surface area (Å²) in [5.74, 6) is 2.92. The third-order valence-corrected chi connectivity index (χ3v) is 6.67. The first-order chi connectivity index (χ1) is 15.9. The van der Waals surface area contributed by atoms with Crippen LogP contribution in [0.2, 0.25) is 0 Å². The molecule has 5 rings (SSSR count). The molecule has 0 amide bonds. The zero-order chi connectivity index (χ0) is 22.9. The molecule has 1 aliphatic rings. The molecule has 2 aromatic heterocycles. The van der Waals surface area contributed by atoms with Gasteiger partial charge in [0.2, 0.25) is 0 Å². The van der Waals surface area contributed by atoms with Gasteiger partial charge in [-0.1, -0.05) is 18.2 Å². The second-order valence-electron chi connectivity index (χ2n) is 8.72. The first-order valence-electron chi connectivity index (χ1n) is 11.2. The lowest BCUT2D eigenvalue weighted by atomic mass is 10.1. The number of ether oxygens (including phenoxy) is 1. The summed E-state index contributed by atoms with van der Waals surface area (Å²) in [5.41, 5.74) is 5.91. The van der Waals surface area contributed by atoms with Gasteiger partial charge in [-0.2, -0.15) is 0 Å². The molecular formula is C26H26N4O2S. The Morgan fingerprint density at radius 3 is 2.94 bits per heavy atom. The minimum atomic E-state index is 0.0342. The number of benzene rings is 2. The monoisotopic (exact) mass is 458 g/mol. The maximum Gasteiger partial charge on any atom is 0.130 e. The van der Waals surface area contributed by atoms with Gasteiger partial charge < -0.3 is 14.8 Å². The highest BCUT2D eigenvalue weighted by Gasteiger charge is 2.40. The third kappa shape index (κ3) is 5.03. The van der Waals surface area contributed by atoms with Crippen LogP contribution in [0.4, 0.5) is 5.82 Å². The van der Waals surface area contributed by atoms with Gasteiger partial charge in [0.25, 0.3) is 0 Å². The van der Waals surface area contributed by atoms with Crippen LogP contribution in [-0.2, 0) is 4.79 Å². The summed E-state index contributed by atoms with van der Waals surface area (Å²) >= 11 is 1.63. The number of nitrogens with zero attached hydrogens (tertiary/aromatic N) is 3. The highest BCUT2D eigenvalue weighted by Crippen LogP contribution is 2.38. The summed E-state index contributed by atoms with van der Waals surface area (Å²) in [4.78, 5) is 24.9. The van der Waals surface area contributed by atoms with Crippen molar-refractivity contribution in [2.75, 3.05) is 5.32 Å². The number of anilines is 1. The molecule has 6 nitrogen and oxygen atoms in total. The number of nitrogens with one attached hydrogen (secondary N) is 1. The number of rotatable bonds is 8.